The summed E-state index contributed by atoms with van der Waals surface area (Å²) in [5.74, 6) is 0.426. The van der Waals surface area contributed by atoms with Crippen LogP contribution in [-0.2, 0) is 9.59 Å². The summed E-state index contributed by atoms with van der Waals surface area (Å²) in [6, 6.07) is 2.43. The normalized spacial score (nSPS) is 16.5. The largest absolute Gasteiger partial charge is 0.481 e. The summed E-state index contributed by atoms with van der Waals surface area (Å²) >= 11 is 0. The first-order valence-corrected chi connectivity index (χ1v) is 15.8. The van der Waals surface area contributed by atoms with Gasteiger partial charge in [-0.2, -0.15) is 15.1 Å². The molecule has 14 heteroatoms. The van der Waals surface area contributed by atoms with E-state index < -0.39 is 5.97 Å². The van der Waals surface area contributed by atoms with Crippen LogP contribution in [0.5, 0.6) is 0 Å². The number of carboxylic acids is 1. The Hall–Kier alpha value is -3.52. The average molecular weight is 602 g/mol. The maximum atomic E-state index is 12.5. The molecule has 0 radical (unpaired) electrons. The zero-order chi connectivity index (χ0) is 30.7. The first kappa shape index (κ1) is 34.0. The third kappa shape index (κ3) is 13.5. The van der Waals surface area contributed by atoms with E-state index in [0.717, 1.165) is 51.5 Å². The molecule has 2 fully saturated rings. The number of hydrogen-bond donors (Lipinski definition) is 7. The van der Waals surface area contributed by atoms with Crippen LogP contribution in [0.3, 0.4) is 0 Å². The van der Waals surface area contributed by atoms with Crippen molar-refractivity contribution >= 4 is 29.5 Å². The molecule has 1 aliphatic carbocycles. The van der Waals surface area contributed by atoms with Crippen molar-refractivity contribution in [3.05, 3.63) is 18.0 Å². The highest BCUT2D eigenvalue weighted by molar-refractivity contribution is 5.77. The molecule has 0 atom stereocenters. The summed E-state index contributed by atoms with van der Waals surface area (Å²) in [7, 11) is 0. The van der Waals surface area contributed by atoms with Crippen LogP contribution in [0.2, 0.25) is 0 Å². The molecule has 8 N–H and O–H groups in total. The molecule has 0 unspecified atom stereocenters. The van der Waals surface area contributed by atoms with Gasteiger partial charge in [0.25, 0.3) is 0 Å². The van der Waals surface area contributed by atoms with Crippen molar-refractivity contribution in [1.82, 2.24) is 30.8 Å². The summed E-state index contributed by atoms with van der Waals surface area (Å²) in [6.45, 7) is 6.51. The Morgan fingerprint density at radius 2 is 1.79 bits per heavy atom. The lowest BCUT2D eigenvalue weighted by atomic mass is 9.95. The highest BCUT2D eigenvalue weighted by Crippen LogP contribution is 2.19. The van der Waals surface area contributed by atoms with E-state index in [9.17, 15) is 9.59 Å². The van der Waals surface area contributed by atoms with Gasteiger partial charge in [0.2, 0.25) is 11.9 Å². The molecule has 240 valence electrons. The second kappa shape index (κ2) is 19.6. The second-order valence-corrected chi connectivity index (χ2v) is 11.2. The third-order valence-electron chi connectivity index (χ3n) is 7.77. The van der Waals surface area contributed by atoms with Crippen molar-refractivity contribution in [2.45, 2.75) is 76.7 Å². The van der Waals surface area contributed by atoms with Gasteiger partial charge < -0.3 is 41.9 Å². The molecule has 2 aliphatic rings. The molecular formula is C29H51N11O3. The number of nitrogens with one attached hydrogen (secondary N) is 5. The highest BCUT2D eigenvalue weighted by atomic mass is 16.4. The second-order valence-electron chi connectivity index (χ2n) is 11.2. The minimum absolute atomic E-state index is 0.00183. The van der Waals surface area contributed by atoms with Gasteiger partial charge in [0, 0.05) is 63.9 Å². The van der Waals surface area contributed by atoms with E-state index >= 15 is 0 Å². The van der Waals surface area contributed by atoms with E-state index in [-0.39, 0.29) is 25.3 Å². The van der Waals surface area contributed by atoms with Crippen LogP contribution in [0.4, 0.5) is 17.6 Å². The van der Waals surface area contributed by atoms with E-state index in [1.807, 2.05) is 0 Å². The number of carbonyl (C=O) groups excluding carboxylic acids is 1. The molecule has 1 aromatic heterocycles. The number of amides is 1. The van der Waals surface area contributed by atoms with Crippen LogP contribution in [0.25, 0.3) is 0 Å². The van der Waals surface area contributed by atoms with Crippen LogP contribution in [0, 0.1) is 5.53 Å². The minimum Gasteiger partial charge on any atom is -0.481 e. The molecule has 1 aliphatic heterocycles. The number of carboxylic acid groups (broad SMARTS) is 1. The number of carbonyl (C=O) groups is 2. The Bertz CT molecular complexity index is 1030. The van der Waals surface area contributed by atoms with E-state index in [1.54, 1.807) is 17.2 Å². The average Bonchev–Trinajstić information content (AvgIpc) is 3.26. The summed E-state index contributed by atoms with van der Waals surface area (Å²) in [4.78, 5) is 36.0. The van der Waals surface area contributed by atoms with Crippen LogP contribution < -0.4 is 31.9 Å². The molecule has 0 spiro atoms. The standard InChI is InChI=1S/C29H51N11O3/c30-25-20-26(39-16-7-17-40(19-18-39)27(41)10-4-11-28(42)43)37-29(36-25)35-22-24(38-31)21-33-14-5-12-32-13-6-15-34-23-8-2-1-3-9-23/h20-21,23,31-34H,1-19,22H2,(H,42,43)(H3,30,35,36,37)/b24-21-,38-31?. The van der Waals surface area contributed by atoms with Crippen LogP contribution >= 0.6 is 0 Å². The number of nitrogen functional groups attached to an aromatic ring is 1. The van der Waals surface area contributed by atoms with Gasteiger partial charge in [0.05, 0.1) is 12.2 Å². The predicted molar refractivity (Wildman–Crippen MR) is 168 cm³/mol. The first-order chi connectivity index (χ1) is 20.9. The lowest BCUT2D eigenvalue weighted by molar-refractivity contribution is -0.137. The Balaban J connectivity index is 1.33. The van der Waals surface area contributed by atoms with E-state index in [1.165, 1.54) is 32.1 Å². The SMILES string of the molecule is N=N/C(=C\NCCCNCCCNC1CCCCC1)CNc1nc(N)cc(N2CCCN(C(=O)CCCC(=O)O)CC2)n1. The topological polar surface area (TPSA) is 197 Å². The first-order valence-electron chi connectivity index (χ1n) is 15.8. The molecule has 1 saturated carbocycles. The number of hydrogen-bond acceptors (Lipinski definition) is 12. The van der Waals surface area contributed by atoms with E-state index in [0.29, 0.717) is 55.9 Å². The Labute approximate surface area is 255 Å². The lowest BCUT2D eigenvalue weighted by Crippen LogP contribution is -2.35. The van der Waals surface area contributed by atoms with Crippen molar-refractivity contribution in [1.29, 1.82) is 5.53 Å². The number of aliphatic carboxylic acids is 1. The zero-order valence-corrected chi connectivity index (χ0v) is 25.5. The number of anilines is 3. The summed E-state index contributed by atoms with van der Waals surface area (Å²) in [6.07, 6.45) is 11.9. The molecular weight excluding hydrogens is 550 g/mol. The Kier molecular flexibility index (Phi) is 15.5. The van der Waals surface area contributed by atoms with Crippen molar-refractivity contribution < 1.29 is 14.7 Å². The lowest BCUT2D eigenvalue weighted by Gasteiger charge is -2.23. The maximum absolute atomic E-state index is 12.5. The van der Waals surface area contributed by atoms with E-state index in [2.05, 4.69) is 41.2 Å². The number of nitrogens with zero attached hydrogens (tertiary/aromatic N) is 5. The van der Waals surface area contributed by atoms with Gasteiger partial charge in [-0.3, -0.25) is 9.59 Å². The molecule has 1 amide bonds. The molecule has 1 aromatic rings. The summed E-state index contributed by atoms with van der Waals surface area (Å²) in [5.41, 5.74) is 14.1. The quantitative estimate of drug-likeness (QED) is 0.0908. The van der Waals surface area contributed by atoms with Crippen LogP contribution in [0.15, 0.2) is 23.1 Å². The number of nitrogens with two attached hydrogens (primary N) is 1. The van der Waals surface area contributed by atoms with Gasteiger partial charge in [-0.15, -0.1) is 0 Å². The molecule has 14 nitrogen and oxygen atoms in total. The number of aromatic nitrogens is 2. The molecule has 2 heterocycles. The smallest absolute Gasteiger partial charge is 0.303 e. The Morgan fingerprint density at radius 3 is 2.56 bits per heavy atom. The van der Waals surface area contributed by atoms with Gasteiger partial charge >= 0.3 is 5.97 Å². The van der Waals surface area contributed by atoms with Gasteiger partial charge in [-0.1, -0.05) is 19.3 Å². The van der Waals surface area contributed by atoms with Crippen LogP contribution in [0.1, 0.15) is 70.6 Å². The molecule has 3 rings (SSSR count). The molecule has 0 aromatic carbocycles. The fraction of sp³-hybridized carbons (Fsp3) is 0.724. The van der Waals surface area contributed by atoms with Crippen molar-refractivity contribution in [2.75, 3.05) is 74.9 Å². The predicted octanol–water partition coefficient (Wildman–Crippen LogP) is 2.52. The maximum Gasteiger partial charge on any atom is 0.303 e. The molecule has 43 heavy (non-hydrogen) atoms. The molecule has 0 bridgehead atoms. The zero-order valence-electron chi connectivity index (χ0n) is 25.5. The summed E-state index contributed by atoms with van der Waals surface area (Å²) in [5, 5.41) is 25.9. The van der Waals surface area contributed by atoms with Gasteiger partial charge in [0.1, 0.15) is 11.6 Å². The van der Waals surface area contributed by atoms with E-state index in [4.69, 9.17) is 16.4 Å². The van der Waals surface area contributed by atoms with Gasteiger partial charge in [-0.05, 0) is 58.2 Å². The van der Waals surface area contributed by atoms with Crippen molar-refractivity contribution in [3.8, 4) is 0 Å². The number of rotatable bonds is 19. The Morgan fingerprint density at radius 1 is 1.00 bits per heavy atom. The monoisotopic (exact) mass is 601 g/mol. The summed E-state index contributed by atoms with van der Waals surface area (Å²) < 4.78 is 0. The third-order valence-corrected chi connectivity index (χ3v) is 7.77. The molecule has 1 saturated heterocycles. The van der Waals surface area contributed by atoms with Crippen molar-refractivity contribution in [3.63, 3.8) is 0 Å². The van der Waals surface area contributed by atoms with Gasteiger partial charge in [0.15, 0.2) is 0 Å². The van der Waals surface area contributed by atoms with Crippen LogP contribution in [-0.4, -0.2) is 96.8 Å². The minimum atomic E-state index is -0.887. The highest BCUT2D eigenvalue weighted by Gasteiger charge is 2.21. The fourth-order valence-corrected chi connectivity index (χ4v) is 5.39. The van der Waals surface area contributed by atoms with Crippen molar-refractivity contribution in [2.24, 2.45) is 5.11 Å². The fourth-order valence-electron chi connectivity index (χ4n) is 5.39. The van der Waals surface area contributed by atoms with Gasteiger partial charge in [-0.25, -0.2) is 5.53 Å².